The molecule has 2 rings (SSSR count). The smallest absolute Gasteiger partial charge is 0.139 e. The van der Waals surface area contributed by atoms with E-state index in [0.29, 0.717) is 28.3 Å². The monoisotopic (exact) mass is 245 g/mol. The Morgan fingerprint density at radius 3 is 3.00 bits per heavy atom. The highest BCUT2D eigenvalue weighted by Crippen LogP contribution is 2.31. The van der Waals surface area contributed by atoms with Crippen LogP contribution in [0.15, 0.2) is 18.2 Å². The maximum atomic E-state index is 6.01. The average molecular weight is 246 g/mol. The van der Waals surface area contributed by atoms with Gasteiger partial charge in [0.25, 0.3) is 0 Å². The van der Waals surface area contributed by atoms with Gasteiger partial charge in [-0.05, 0) is 25.1 Å². The van der Waals surface area contributed by atoms with E-state index in [9.17, 15) is 0 Å². The van der Waals surface area contributed by atoms with Gasteiger partial charge in [-0.2, -0.15) is 0 Å². The van der Waals surface area contributed by atoms with E-state index in [4.69, 9.17) is 27.9 Å². The predicted molar refractivity (Wildman–Crippen MR) is 62.9 cm³/mol. The van der Waals surface area contributed by atoms with Crippen molar-refractivity contribution in [2.75, 3.05) is 19.7 Å². The number of rotatable bonds is 3. The van der Waals surface area contributed by atoms with E-state index in [1.54, 1.807) is 6.07 Å². The molecule has 1 N–H and O–H groups in total. The highest BCUT2D eigenvalue weighted by Gasteiger charge is 2.15. The first-order valence-corrected chi connectivity index (χ1v) is 5.80. The molecule has 0 saturated carbocycles. The molecule has 1 aromatic rings. The van der Waals surface area contributed by atoms with Crippen LogP contribution in [0.5, 0.6) is 5.75 Å². The van der Waals surface area contributed by atoms with Crippen LogP contribution in [0.3, 0.4) is 0 Å². The topological polar surface area (TPSA) is 21.3 Å². The maximum absolute atomic E-state index is 6.01. The van der Waals surface area contributed by atoms with E-state index in [1.165, 1.54) is 0 Å². The molecule has 4 heteroatoms. The summed E-state index contributed by atoms with van der Waals surface area (Å²) in [6, 6.07) is 5.45. The average Bonchev–Trinajstić information content (AvgIpc) is 2.73. The van der Waals surface area contributed by atoms with Gasteiger partial charge >= 0.3 is 0 Å². The van der Waals surface area contributed by atoms with Crippen molar-refractivity contribution >= 4 is 23.2 Å². The van der Waals surface area contributed by atoms with Crippen LogP contribution in [0.2, 0.25) is 10.0 Å². The number of halogens is 2. The molecule has 1 unspecified atom stereocenters. The molecular formula is C11H13Cl2NO. The normalized spacial score (nSPS) is 20.5. The van der Waals surface area contributed by atoms with Gasteiger partial charge in [0.15, 0.2) is 0 Å². The minimum atomic E-state index is 0.505. The molecule has 0 spiro atoms. The Morgan fingerprint density at radius 2 is 2.27 bits per heavy atom. The number of benzene rings is 1. The van der Waals surface area contributed by atoms with Gasteiger partial charge in [0.2, 0.25) is 0 Å². The number of ether oxygens (including phenoxy) is 1. The van der Waals surface area contributed by atoms with Crippen LogP contribution in [-0.2, 0) is 0 Å². The lowest BCUT2D eigenvalue weighted by molar-refractivity contribution is 0.260. The Kier molecular flexibility index (Phi) is 3.73. The lowest BCUT2D eigenvalue weighted by Crippen LogP contribution is -2.15. The van der Waals surface area contributed by atoms with Crippen molar-refractivity contribution in [3.05, 3.63) is 28.2 Å². The third-order valence-corrected chi connectivity index (χ3v) is 3.35. The molecule has 1 atom stereocenters. The molecule has 0 aromatic heterocycles. The van der Waals surface area contributed by atoms with Crippen molar-refractivity contribution in [1.82, 2.24) is 5.32 Å². The zero-order chi connectivity index (χ0) is 10.7. The maximum Gasteiger partial charge on any atom is 0.139 e. The minimum absolute atomic E-state index is 0.505. The van der Waals surface area contributed by atoms with E-state index in [1.807, 2.05) is 12.1 Å². The third kappa shape index (κ3) is 2.77. The minimum Gasteiger partial charge on any atom is -0.492 e. The van der Waals surface area contributed by atoms with E-state index in [2.05, 4.69) is 5.32 Å². The molecular weight excluding hydrogens is 233 g/mol. The van der Waals surface area contributed by atoms with Crippen molar-refractivity contribution in [1.29, 1.82) is 0 Å². The van der Waals surface area contributed by atoms with Gasteiger partial charge in [0.05, 0.1) is 11.6 Å². The van der Waals surface area contributed by atoms with Crippen molar-refractivity contribution in [2.45, 2.75) is 6.42 Å². The van der Waals surface area contributed by atoms with Crippen LogP contribution in [0.4, 0.5) is 0 Å². The van der Waals surface area contributed by atoms with Gasteiger partial charge in [-0.1, -0.05) is 29.3 Å². The zero-order valence-electron chi connectivity index (χ0n) is 8.30. The van der Waals surface area contributed by atoms with Crippen molar-refractivity contribution in [3.63, 3.8) is 0 Å². The largest absolute Gasteiger partial charge is 0.492 e. The zero-order valence-corrected chi connectivity index (χ0v) is 9.81. The molecule has 1 fully saturated rings. The van der Waals surface area contributed by atoms with Crippen LogP contribution in [-0.4, -0.2) is 19.7 Å². The standard InChI is InChI=1S/C11H13Cl2NO/c12-9-2-1-3-10(11(9)13)15-7-8-4-5-14-6-8/h1-3,8,14H,4-7H2. The second-order valence-electron chi connectivity index (χ2n) is 3.72. The fourth-order valence-corrected chi connectivity index (χ4v) is 2.01. The molecule has 2 nitrogen and oxygen atoms in total. The number of hydrogen-bond donors (Lipinski definition) is 1. The van der Waals surface area contributed by atoms with Crippen LogP contribution in [0.1, 0.15) is 6.42 Å². The number of nitrogens with one attached hydrogen (secondary N) is 1. The Balaban J connectivity index is 1.95. The molecule has 15 heavy (non-hydrogen) atoms. The lowest BCUT2D eigenvalue weighted by atomic mass is 10.1. The lowest BCUT2D eigenvalue weighted by Gasteiger charge is -2.12. The van der Waals surface area contributed by atoms with Crippen molar-refractivity contribution in [2.24, 2.45) is 5.92 Å². The van der Waals surface area contributed by atoms with Crippen molar-refractivity contribution in [3.8, 4) is 5.75 Å². The second kappa shape index (κ2) is 5.06. The summed E-state index contributed by atoms with van der Waals surface area (Å²) in [6.07, 6.45) is 1.16. The summed E-state index contributed by atoms with van der Waals surface area (Å²) in [4.78, 5) is 0. The van der Waals surface area contributed by atoms with Crippen molar-refractivity contribution < 1.29 is 4.74 Å². The third-order valence-electron chi connectivity index (χ3n) is 2.55. The van der Waals surface area contributed by atoms with E-state index in [-0.39, 0.29) is 0 Å². The van der Waals surface area contributed by atoms with E-state index in [0.717, 1.165) is 19.5 Å². The molecule has 1 aliphatic rings. The Labute approximate surface area is 99.5 Å². The summed E-state index contributed by atoms with van der Waals surface area (Å²) in [5.41, 5.74) is 0. The van der Waals surface area contributed by atoms with Crippen LogP contribution >= 0.6 is 23.2 Å². The van der Waals surface area contributed by atoms with Gasteiger partial charge < -0.3 is 10.1 Å². The fraction of sp³-hybridized carbons (Fsp3) is 0.455. The number of hydrogen-bond acceptors (Lipinski definition) is 2. The van der Waals surface area contributed by atoms with Gasteiger partial charge in [-0.25, -0.2) is 0 Å². The first-order chi connectivity index (χ1) is 7.27. The van der Waals surface area contributed by atoms with Gasteiger partial charge in [0, 0.05) is 12.5 Å². The van der Waals surface area contributed by atoms with Gasteiger partial charge in [0.1, 0.15) is 10.8 Å². The molecule has 0 bridgehead atoms. The van der Waals surface area contributed by atoms with Gasteiger partial charge in [-0.15, -0.1) is 0 Å². The molecule has 1 heterocycles. The molecule has 1 aromatic carbocycles. The summed E-state index contributed by atoms with van der Waals surface area (Å²) < 4.78 is 5.65. The quantitative estimate of drug-likeness (QED) is 0.885. The predicted octanol–water partition coefficient (Wildman–Crippen LogP) is 2.98. The summed E-state index contributed by atoms with van der Waals surface area (Å²) in [6.45, 7) is 2.81. The van der Waals surface area contributed by atoms with Crippen LogP contribution < -0.4 is 10.1 Å². The molecule has 0 radical (unpaired) electrons. The highest BCUT2D eigenvalue weighted by molar-refractivity contribution is 6.42. The molecule has 0 aliphatic carbocycles. The van der Waals surface area contributed by atoms with Crippen LogP contribution in [0, 0.1) is 5.92 Å². The summed E-state index contributed by atoms with van der Waals surface area (Å²) in [5.74, 6) is 1.26. The Hall–Kier alpha value is -0.440. The SMILES string of the molecule is Clc1cccc(OCC2CCNC2)c1Cl. The van der Waals surface area contributed by atoms with E-state index >= 15 is 0 Å². The summed E-state index contributed by atoms with van der Waals surface area (Å²) in [5, 5.41) is 4.34. The molecule has 1 saturated heterocycles. The Morgan fingerprint density at radius 1 is 1.40 bits per heavy atom. The summed E-state index contributed by atoms with van der Waals surface area (Å²) in [7, 11) is 0. The first kappa shape index (κ1) is 11.1. The molecule has 1 aliphatic heterocycles. The Bertz CT molecular complexity index is 337. The summed E-state index contributed by atoms with van der Waals surface area (Å²) >= 11 is 11.9. The second-order valence-corrected chi connectivity index (χ2v) is 4.51. The van der Waals surface area contributed by atoms with Gasteiger partial charge in [-0.3, -0.25) is 0 Å². The highest BCUT2D eigenvalue weighted by atomic mass is 35.5. The molecule has 82 valence electrons. The first-order valence-electron chi connectivity index (χ1n) is 5.05. The van der Waals surface area contributed by atoms with Crippen LogP contribution in [0.25, 0.3) is 0 Å². The fourth-order valence-electron chi connectivity index (χ4n) is 1.66. The van der Waals surface area contributed by atoms with E-state index < -0.39 is 0 Å². The molecule has 0 amide bonds.